The standard InChI is InChI=1S/C23H24F3N3O2/c1-31-19-5-6-21-20(13-19)17(14-27-21)12-22(30)29-9-7-28(8-10-29)15-16-3-2-4-18(11-16)23(24,25)26/h2-6,11,13-14,27H,7-10,12,15H2,1H3. The van der Waals surface area contributed by atoms with Crippen LogP contribution in [0.4, 0.5) is 13.2 Å². The zero-order chi connectivity index (χ0) is 22.0. The largest absolute Gasteiger partial charge is 0.497 e. The number of aromatic nitrogens is 1. The summed E-state index contributed by atoms with van der Waals surface area (Å²) in [6.07, 6.45) is -2.19. The quantitative estimate of drug-likeness (QED) is 0.662. The highest BCUT2D eigenvalue weighted by molar-refractivity contribution is 5.89. The minimum absolute atomic E-state index is 0.0439. The van der Waals surface area contributed by atoms with Crippen molar-refractivity contribution in [3.63, 3.8) is 0 Å². The van der Waals surface area contributed by atoms with Crippen molar-refractivity contribution in [2.45, 2.75) is 19.1 Å². The minimum Gasteiger partial charge on any atom is -0.497 e. The maximum absolute atomic E-state index is 12.9. The van der Waals surface area contributed by atoms with Gasteiger partial charge in [-0.15, -0.1) is 0 Å². The molecular weight excluding hydrogens is 407 g/mol. The van der Waals surface area contributed by atoms with E-state index in [9.17, 15) is 18.0 Å². The van der Waals surface area contributed by atoms with Crippen LogP contribution in [-0.4, -0.2) is 54.0 Å². The number of carbonyl (C=O) groups excluding carboxylic acids is 1. The van der Waals surface area contributed by atoms with Crippen molar-refractivity contribution in [3.05, 3.63) is 65.4 Å². The molecule has 1 fully saturated rings. The van der Waals surface area contributed by atoms with Crippen LogP contribution in [0.3, 0.4) is 0 Å². The molecule has 5 nitrogen and oxygen atoms in total. The van der Waals surface area contributed by atoms with Gasteiger partial charge in [-0.25, -0.2) is 0 Å². The van der Waals surface area contributed by atoms with Crippen molar-refractivity contribution in [3.8, 4) is 5.75 Å². The minimum atomic E-state index is -4.34. The second-order valence-corrected chi connectivity index (χ2v) is 7.76. The number of methoxy groups -OCH3 is 1. The van der Waals surface area contributed by atoms with E-state index < -0.39 is 11.7 Å². The maximum Gasteiger partial charge on any atom is 0.416 e. The molecule has 0 bridgehead atoms. The van der Waals surface area contributed by atoms with Gasteiger partial charge in [0.2, 0.25) is 5.91 Å². The fraction of sp³-hybridized carbons (Fsp3) is 0.348. The van der Waals surface area contributed by atoms with Crippen LogP contribution < -0.4 is 4.74 Å². The van der Waals surface area contributed by atoms with Gasteiger partial charge in [0.15, 0.2) is 0 Å². The van der Waals surface area contributed by atoms with Crippen LogP contribution in [0.25, 0.3) is 10.9 Å². The Kier molecular flexibility index (Phi) is 5.91. The Morgan fingerprint density at radius 3 is 2.58 bits per heavy atom. The van der Waals surface area contributed by atoms with Gasteiger partial charge in [0.1, 0.15) is 5.75 Å². The number of nitrogens with zero attached hydrogens (tertiary/aromatic N) is 2. The van der Waals surface area contributed by atoms with Crippen LogP contribution in [0.5, 0.6) is 5.75 Å². The SMILES string of the molecule is COc1ccc2[nH]cc(CC(=O)N3CCN(Cc4cccc(C(F)(F)F)c4)CC3)c2c1. The molecule has 0 aliphatic carbocycles. The van der Waals surface area contributed by atoms with Crippen molar-refractivity contribution in [2.24, 2.45) is 0 Å². The average molecular weight is 431 g/mol. The molecule has 1 amide bonds. The highest BCUT2D eigenvalue weighted by Gasteiger charge is 2.30. The van der Waals surface area contributed by atoms with Crippen molar-refractivity contribution >= 4 is 16.8 Å². The number of halogens is 3. The summed E-state index contributed by atoms with van der Waals surface area (Å²) in [5.41, 5.74) is 1.87. The van der Waals surface area contributed by atoms with Gasteiger partial charge in [0, 0.05) is 49.8 Å². The van der Waals surface area contributed by atoms with Gasteiger partial charge in [-0.3, -0.25) is 9.69 Å². The molecule has 3 aromatic rings. The molecule has 31 heavy (non-hydrogen) atoms. The molecule has 2 aromatic carbocycles. The van der Waals surface area contributed by atoms with E-state index in [0.717, 1.165) is 28.3 Å². The van der Waals surface area contributed by atoms with E-state index in [2.05, 4.69) is 9.88 Å². The second-order valence-electron chi connectivity index (χ2n) is 7.76. The van der Waals surface area contributed by atoms with E-state index >= 15 is 0 Å². The van der Waals surface area contributed by atoms with Crippen molar-refractivity contribution in [1.29, 1.82) is 0 Å². The summed E-state index contributed by atoms with van der Waals surface area (Å²) in [6, 6.07) is 11.1. The number of benzene rings is 2. The van der Waals surface area contributed by atoms with E-state index in [1.54, 1.807) is 13.2 Å². The zero-order valence-electron chi connectivity index (χ0n) is 17.2. The first kappa shape index (κ1) is 21.2. The van der Waals surface area contributed by atoms with Crippen LogP contribution in [0, 0.1) is 0 Å². The number of hydrogen-bond acceptors (Lipinski definition) is 3. The molecule has 0 atom stereocenters. The first-order valence-corrected chi connectivity index (χ1v) is 10.1. The third-order valence-electron chi connectivity index (χ3n) is 5.70. The number of ether oxygens (including phenoxy) is 1. The summed E-state index contributed by atoms with van der Waals surface area (Å²) >= 11 is 0. The van der Waals surface area contributed by atoms with Crippen LogP contribution in [0.1, 0.15) is 16.7 Å². The monoisotopic (exact) mass is 431 g/mol. The number of rotatable bonds is 5. The normalized spacial score (nSPS) is 15.4. The highest BCUT2D eigenvalue weighted by atomic mass is 19.4. The third-order valence-corrected chi connectivity index (χ3v) is 5.70. The fourth-order valence-electron chi connectivity index (χ4n) is 3.97. The third kappa shape index (κ3) is 4.85. The summed E-state index contributed by atoms with van der Waals surface area (Å²) in [5, 5.41) is 0.968. The van der Waals surface area contributed by atoms with Crippen LogP contribution in [0.15, 0.2) is 48.7 Å². The number of H-pyrrole nitrogens is 1. The maximum atomic E-state index is 12.9. The topological polar surface area (TPSA) is 48.6 Å². The molecule has 1 saturated heterocycles. The Balaban J connectivity index is 1.34. The van der Waals surface area contributed by atoms with E-state index in [1.807, 2.05) is 29.3 Å². The smallest absolute Gasteiger partial charge is 0.416 e. The average Bonchev–Trinajstić information content (AvgIpc) is 3.15. The number of hydrogen-bond donors (Lipinski definition) is 1. The molecule has 0 spiro atoms. The van der Waals surface area contributed by atoms with E-state index in [1.165, 1.54) is 12.1 Å². The summed E-state index contributed by atoms with van der Waals surface area (Å²) < 4.78 is 44.0. The van der Waals surface area contributed by atoms with Crippen LogP contribution in [0.2, 0.25) is 0 Å². The molecule has 4 rings (SSSR count). The molecule has 1 aliphatic rings. The lowest BCUT2D eigenvalue weighted by molar-refractivity contribution is -0.137. The molecule has 8 heteroatoms. The van der Waals surface area contributed by atoms with Crippen molar-refractivity contribution in [1.82, 2.24) is 14.8 Å². The lowest BCUT2D eigenvalue weighted by atomic mass is 10.1. The summed E-state index contributed by atoms with van der Waals surface area (Å²) in [5.74, 6) is 0.784. The van der Waals surface area contributed by atoms with E-state index in [0.29, 0.717) is 44.7 Å². The van der Waals surface area contributed by atoms with Gasteiger partial charge < -0.3 is 14.6 Å². The van der Waals surface area contributed by atoms with Crippen LogP contribution in [-0.2, 0) is 23.9 Å². The van der Waals surface area contributed by atoms with Crippen LogP contribution >= 0.6 is 0 Å². The first-order chi connectivity index (χ1) is 14.8. The predicted octanol–water partition coefficient (Wildman–Crippen LogP) is 4.08. The van der Waals surface area contributed by atoms with Crippen molar-refractivity contribution < 1.29 is 22.7 Å². The molecule has 2 heterocycles. The number of carbonyl (C=O) groups is 1. The van der Waals surface area contributed by atoms with Gasteiger partial charge in [0.25, 0.3) is 0 Å². The van der Waals surface area contributed by atoms with E-state index in [4.69, 9.17) is 4.74 Å². The Morgan fingerprint density at radius 2 is 1.87 bits per heavy atom. The number of piperazine rings is 1. The number of alkyl halides is 3. The van der Waals surface area contributed by atoms with Crippen molar-refractivity contribution in [2.75, 3.05) is 33.3 Å². The Hall–Kier alpha value is -3.00. The molecule has 0 saturated carbocycles. The lowest BCUT2D eigenvalue weighted by Crippen LogP contribution is -2.48. The molecule has 1 aliphatic heterocycles. The Bertz CT molecular complexity index is 1070. The molecular formula is C23H24F3N3O2. The molecule has 1 N–H and O–H groups in total. The zero-order valence-corrected chi connectivity index (χ0v) is 17.2. The van der Waals surface area contributed by atoms with Gasteiger partial charge >= 0.3 is 6.18 Å². The molecule has 0 radical (unpaired) electrons. The Labute approximate surface area is 178 Å². The number of aromatic amines is 1. The fourth-order valence-corrected chi connectivity index (χ4v) is 3.97. The van der Waals surface area contributed by atoms with E-state index in [-0.39, 0.29) is 5.91 Å². The predicted molar refractivity (Wildman–Crippen MR) is 112 cm³/mol. The van der Waals surface area contributed by atoms with Gasteiger partial charge in [0.05, 0.1) is 19.1 Å². The number of amides is 1. The summed E-state index contributed by atoms with van der Waals surface area (Å²) in [4.78, 5) is 19.9. The number of nitrogens with one attached hydrogen (secondary N) is 1. The number of fused-ring (bicyclic) bond motifs is 1. The Morgan fingerprint density at radius 1 is 1.10 bits per heavy atom. The highest BCUT2D eigenvalue weighted by Crippen LogP contribution is 2.30. The van der Waals surface area contributed by atoms with Gasteiger partial charge in [-0.1, -0.05) is 18.2 Å². The molecule has 0 unspecified atom stereocenters. The molecule has 164 valence electrons. The van der Waals surface area contributed by atoms with Gasteiger partial charge in [-0.2, -0.15) is 13.2 Å². The molecule has 1 aromatic heterocycles. The van der Waals surface area contributed by atoms with Gasteiger partial charge in [-0.05, 0) is 35.4 Å². The first-order valence-electron chi connectivity index (χ1n) is 10.1. The summed E-state index contributed by atoms with van der Waals surface area (Å²) in [7, 11) is 1.61. The summed E-state index contributed by atoms with van der Waals surface area (Å²) in [6.45, 7) is 2.81. The second kappa shape index (κ2) is 8.63. The lowest BCUT2D eigenvalue weighted by Gasteiger charge is -2.35.